The summed E-state index contributed by atoms with van der Waals surface area (Å²) in [5.41, 5.74) is 0. The van der Waals surface area contributed by atoms with Gasteiger partial charge in [0, 0.05) is 23.5 Å². The van der Waals surface area contributed by atoms with Gasteiger partial charge in [0.15, 0.2) is 4.34 Å². The van der Waals surface area contributed by atoms with Crippen molar-refractivity contribution in [3.8, 4) is 0 Å². The van der Waals surface area contributed by atoms with Crippen molar-refractivity contribution in [1.29, 1.82) is 0 Å². The van der Waals surface area contributed by atoms with E-state index < -0.39 is 0 Å². The van der Waals surface area contributed by atoms with Crippen LogP contribution in [0.25, 0.3) is 0 Å². The quantitative estimate of drug-likeness (QED) is 0.635. The minimum atomic E-state index is -0.170. The number of rotatable bonds is 9. The highest BCUT2D eigenvalue weighted by atomic mass is 32.2. The fraction of sp³-hybridized carbons (Fsp3) is 0.588. The highest BCUT2D eigenvalue weighted by molar-refractivity contribution is 8.02. The molecule has 25 heavy (non-hydrogen) atoms. The molecule has 0 bridgehead atoms. The number of anilines is 1. The maximum absolute atomic E-state index is 12.7. The average molecular weight is 399 g/mol. The first-order valence-corrected chi connectivity index (χ1v) is 11.0. The molecule has 1 atom stereocenters. The van der Waals surface area contributed by atoms with E-state index in [1.54, 1.807) is 11.3 Å². The Bertz CT molecular complexity index is 647. The maximum Gasteiger partial charge on any atom is 0.236 e. The molecule has 1 unspecified atom stereocenters. The van der Waals surface area contributed by atoms with E-state index in [9.17, 15) is 4.79 Å². The molecule has 0 aliphatic carbocycles. The van der Waals surface area contributed by atoms with Crippen molar-refractivity contribution in [1.82, 2.24) is 15.1 Å². The van der Waals surface area contributed by atoms with E-state index in [0.29, 0.717) is 0 Å². The molecule has 0 saturated heterocycles. The summed E-state index contributed by atoms with van der Waals surface area (Å²) in [6.07, 6.45) is 0.979. The van der Waals surface area contributed by atoms with E-state index >= 15 is 0 Å². The number of nitrogens with one attached hydrogen (secondary N) is 1. The van der Waals surface area contributed by atoms with Crippen LogP contribution < -0.4 is 5.32 Å². The lowest BCUT2D eigenvalue weighted by Gasteiger charge is -2.32. The minimum Gasteiger partial charge on any atom is -0.360 e. The number of hydrogen-bond donors (Lipinski definition) is 1. The van der Waals surface area contributed by atoms with Crippen LogP contribution in [0.4, 0.5) is 5.13 Å². The Morgan fingerprint density at radius 2 is 1.96 bits per heavy atom. The molecule has 2 aromatic heterocycles. The summed E-state index contributed by atoms with van der Waals surface area (Å²) in [7, 11) is 0. The molecule has 1 N–H and O–H groups in total. The zero-order valence-corrected chi connectivity index (χ0v) is 17.8. The van der Waals surface area contributed by atoms with E-state index in [1.807, 2.05) is 11.8 Å². The Balaban J connectivity index is 1.85. The molecular weight excluding hydrogens is 372 g/mol. The van der Waals surface area contributed by atoms with Gasteiger partial charge in [0.25, 0.3) is 0 Å². The van der Waals surface area contributed by atoms with Crippen LogP contribution in [0.3, 0.4) is 0 Å². The fourth-order valence-electron chi connectivity index (χ4n) is 2.59. The van der Waals surface area contributed by atoms with Crippen LogP contribution >= 0.6 is 34.4 Å². The molecule has 2 heterocycles. The molecule has 8 heteroatoms. The van der Waals surface area contributed by atoms with E-state index in [1.165, 1.54) is 28.0 Å². The Morgan fingerprint density at radius 3 is 2.56 bits per heavy atom. The van der Waals surface area contributed by atoms with Crippen molar-refractivity contribution in [3.63, 3.8) is 0 Å². The second kappa shape index (κ2) is 9.54. The lowest BCUT2D eigenvalue weighted by Crippen LogP contribution is -2.45. The molecule has 0 spiro atoms. The standard InChI is InChI=1S/C17H26N4OS3/c1-11(2)21(12(3)4)15(22)13(5)24-17-20-19-16(25-17)18-9-8-14-7-6-10-23-14/h6-7,10-13H,8-9H2,1-5H3,(H,18,19). The molecule has 0 aliphatic rings. The van der Waals surface area contributed by atoms with E-state index in [4.69, 9.17) is 0 Å². The zero-order chi connectivity index (χ0) is 18.4. The normalized spacial score (nSPS) is 12.6. The molecule has 0 aromatic carbocycles. The van der Waals surface area contributed by atoms with Crippen molar-refractivity contribution in [3.05, 3.63) is 22.4 Å². The molecule has 0 radical (unpaired) electrons. The number of carbonyl (C=O) groups excluding carboxylic acids is 1. The molecule has 2 aromatic rings. The highest BCUT2D eigenvalue weighted by Crippen LogP contribution is 2.30. The summed E-state index contributed by atoms with van der Waals surface area (Å²) in [5, 5.41) is 14.4. The van der Waals surface area contributed by atoms with Gasteiger partial charge in [-0.15, -0.1) is 21.5 Å². The predicted molar refractivity (Wildman–Crippen MR) is 109 cm³/mol. The molecule has 0 saturated carbocycles. The summed E-state index contributed by atoms with van der Waals surface area (Å²) in [6.45, 7) is 11.0. The van der Waals surface area contributed by atoms with Crippen molar-refractivity contribution in [2.75, 3.05) is 11.9 Å². The Hall–Kier alpha value is -1.12. The van der Waals surface area contributed by atoms with Crippen molar-refractivity contribution < 1.29 is 4.79 Å². The Labute approximate surface area is 162 Å². The van der Waals surface area contributed by atoms with Crippen LogP contribution in [0.5, 0.6) is 0 Å². The third kappa shape index (κ3) is 5.97. The van der Waals surface area contributed by atoms with Crippen molar-refractivity contribution >= 4 is 45.5 Å². The van der Waals surface area contributed by atoms with E-state index in [0.717, 1.165) is 22.4 Å². The molecule has 0 aliphatic heterocycles. The monoisotopic (exact) mass is 398 g/mol. The Kier molecular flexibility index (Phi) is 7.71. The number of nitrogens with zero attached hydrogens (tertiary/aromatic N) is 3. The summed E-state index contributed by atoms with van der Waals surface area (Å²) >= 11 is 4.75. The van der Waals surface area contributed by atoms with Gasteiger partial charge in [0.2, 0.25) is 11.0 Å². The first-order chi connectivity index (χ1) is 11.9. The molecule has 0 fully saturated rings. The van der Waals surface area contributed by atoms with Gasteiger partial charge in [-0.25, -0.2) is 0 Å². The third-order valence-corrected chi connectivity index (χ3v) is 6.62. The first kappa shape index (κ1) is 20.2. The topological polar surface area (TPSA) is 58.1 Å². The van der Waals surface area contributed by atoms with Crippen molar-refractivity contribution in [2.45, 2.75) is 62.7 Å². The highest BCUT2D eigenvalue weighted by Gasteiger charge is 2.26. The van der Waals surface area contributed by atoms with Gasteiger partial charge in [-0.3, -0.25) is 4.79 Å². The molecule has 138 valence electrons. The largest absolute Gasteiger partial charge is 0.360 e. The summed E-state index contributed by atoms with van der Waals surface area (Å²) in [6, 6.07) is 4.59. The predicted octanol–water partition coefficient (Wildman–Crippen LogP) is 4.38. The Morgan fingerprint density at radius 1 is 1.24 bits per heavy atom. The van der Waals surface area contributed by atoms with Gasteiger partial charge in [0.1, 0.15) is 0 Å². The summed E-state index contributed by atoms with van der Waals surface area (Å²) in [5.74, 6) is 0.150. The van der Waals surface area contributed by atoms with Gasteiger partial charge in [-0.05, 0) is 52.5 Å². The second-order valence-electron chi connectivity index (χ2n) is 6.32. The van der Waals surface area contributed by atoms with Crippen LogP contribution in [0.1, 0.15) is 39.5 Å². The summed E-state index contributed by atoms with van der Waals surface area (Å²) < 4.78 is 0.826. The average Bonchev–Trinajstić information content (AvgIpc) is 3.18. The lowest BCUT2D eigenvalue weighted by atomic mass is 10.2. The number of thiophene rings is 1. The molecule has 5 nitrogen and oxygen atoms in total. The maximum atomic E-state index is 12.7. The number of carbonyl (C=O) groups is 1. The van der Waals surface area contributed by atoms with Gasteiger partial charge < -0.3 is 10.2 Å². The van der Waals surface area contributed by atoms with Crippen LogP contribution in [0.2, 0.25) is 0 Å². The first-order valence-electron chi connectivity index (χ1n) is 8.47. The van der Waals surface area contributed by atoms with Gasteiger partial charge in [0.05, 0.1) is 5.25 Å². The number of hydrogen-bond acceptors (Lipinski definition) is 7. The smallest absolute Gasteiger partial charge is 0.236 e. The summed E-state index contributed by atoms with van der Waals surface area (Å²) in [4.78, 5) is 16.0. The zero-order valence-electron chi connectivity index (χ0n) is 15.4. The van der Waals surface area contributed by atoms with Crippen LogP contribution in [0.15, 0.2) is 21.9 Å². The van der Waals surface area contributed by atoms with Gasteiger partial charge >= 0.3 is 0 Å². The second-order valence-corrected chi connectivity index (χ2v) is 9.92. The number of aromatic nitrogens is 2. The molecule has 2 rings (SSSR count). The third-order valence-electron chi connectivity index (χ3n) is 3.63. The molecular formula is C17H26N4OS3. The SMILES string of the molecule is CC(Sc1nnc(NCCc2cccs2)s1)C(=O)N(C(C)C)C(C)C. The molecule has 1 amide bonds. The van der Waals surface area contributed by atoms with Crippen LogP contribution in [0, 0.1) is 0 Å². The van der Waals surface area contributed by atoms with Gasteiger partial charge in [-0.2, -0.15) is 0 Å². The fourth-order valence-corrected chi connectivity index (χ4v) is 5.28. The van der Waals surface area contributed by atoms with Crippen LogP contribution in [-0.4, -0.2) is 44.9 Å². The van der Waals surface area contributed by atoms with Gasteiger partial charge in [-0.1, -0.05) is 29.2 Å². The number of amides is 1. The number of thioether (sulfide) groups is 1. The lowest BCUT2D eigenvalue weighted by molar-refractivity contribution is -0.133. The minimum absolute atomic E-state index is 0.150. The van der Waals surface area contributed by atoms with Crippen molar-refractivity contribution in [2.24, 2.45) is 0 Å². The van der Waals surface area contributed by atoms with E-state index in [-0.39, 0.29) is 23.2 Å². The van der Waals surface area contributed by atoms with E-state index in [2.05, 4.69) is 60.7 Å². The van der Waals surface area contributed by atoms with Crippen LogP contribution in [-0.2, 0) is 11.2 Å².